The molecule has 2 aromatic carbocycles. The lowest BCUT2D eigenvalue weighted by atomic mass is 9.95. The minimum Gasteiger partial charge on any atom is -0.399 e. The van der Waals surface area contributed by atoms with E-state index in [-0.39, 0.29) is 6.04 Å². The van der Waals surface area contributed by atoms with Crippen LogP contribution in [-0.4, -0.2) is 14.5 Å². The van der Waals surface area contributed by atoms with Gasteiger partial charge in [-0.15, -0.1) is 0 Å². The van der Waals surface area contributed by atoms with Gasteiger partial charge in [-0.05, 0) is 73.7 Å². The summed E-state index contributed by atoms with van der Waals surface area (Å²) in [7, 11) is -3.42. The minimum absolute atomic E-state index is 0.129. The Morgan fingerprint density at radius 2 is 1.67 bits per heavy atom. The highest BCUT2D eigenvalue weighted by Gasteiger charge is 2.09. The van der Waals surface area contributed by atoms with Gasteiger partial charge in [-0.1, -0.05) is 24.3 Å². The monoisotopic (exact) mass is 344 g/mol. The first-order valence-electron chi connectivity index (χ1n) is 7.85. The van der Waals surface area contributed by atoms with Crippen molar-refractivity contribution >= 4 is 21.8 Å². The molecule has 128 valence electrons. The van der Waals surface area contributed by atoms with E-state index < -0.39 is 10.0 Å². The minimum atomic E-state index is -3.42. The summed E-state index contributed by atoms with van der Waals surface area (Å²) in [5.74, 6) is 0. The third-order valence-corrected chi connectivity index (χ3v) is 4.96. The highest BCUT2D eigenvalue weighted by Crippen LogP contribution is 2.28. The molecule has 0 aliphatic carbocycles. The summed E-state index contributed by atoms with van der Waals surface area (Å²) in [5, 5.41) is 1.22. The number of nitrogens with one attached hydrogen (secondary N) is 1. The molecule has 0 bridgehead atoms. The standard InChI is InChI=1S/C19H24N2O2S/c1-13(2)21-24(22,23)10-9-17-11-15(4)19(12-14(17)3)16-5-7-18(20)8-6-16/h5-13,21H,20H2,1-4H3. The van der Waals surface area contributed by atoms with Gasteiger partial charge in [0.1, 0.15) is 0 Å². The highest BCUT2D eigenvalue weighted by atomic mass is 32.2. The smallest absolute Gasteiger partial charge is 0.233 e. The summed E-state index contributed by atoms with van der Waals surface area (Å²) in [6.07, 6.45) is 1.64. The van der Waals surface area contributed by atoms with E-state index in [9.17, 15) is 8.42 Å². The first-order chi connectivity index (χ1) is 11.2. The van der Waals surface area contributed by atoms with Crippen molar-refractivity contribution in [3.8, 4) is 11.1 Å². The highest BCUT2D eigenvalue weighted by molar-refractivity contribution is 7.92. The van der Waals surface area contributed by atoms with Crippen LogP contribution in [0.5, 0.6) is 0 Å². The number of nitrogens with two attached hydrogens (primary N) is 1. The van der Waals surface area contributed by atoms with E-state index in [0.717, 1.165) is 33.5 Å². The molecule has 0 aliphatic rings. The Hall–Kier alpha value is -2.11. The number of rotatable bonds is 5. The van der Waals surface area contributed by atoms with Gasteiger partial charge in [0.25, 0.3) is 0 Å². The molecule has 0 aliphatic heterocycles. The van der Waals surface area contributed by atoms with Crippen LogP contribution in [0.15, 0.2) is 41.8 Å². The number of hydrogen-bond donors (Lipinski definition) is 2. The number of sulfonamides is 1. The molecule has 0 amide bonds. The van der Waals surface area contributed by atoms with Crippen LogP contribution >= 0.6 is 0 Å². The van der Waals surface area contributed by atoms with E-state index in [4.69, 9.17) is 5.73 Å². The number of benzene rings is 2. The van der Waals surface area contributed by atoms with Crippen molar-refractivity contribution in [3.05, 3.63) is 58.5 Å². The van der Waals surface area contributed by atoms with Gasteiger partial charge in [-0.2, -0.15) is 0 Å². The molecule has 0 saturated heterocycles. The second kappa shape index (κ2) is 7.20. The van der Waals surface area contributed by atoms with Gasteiger partial charge < -0.3 is 5.73 Å². The summed E-state index contributed by atoms with van der Waals surface area (Å²) in [4.78, 5) is 0. The number of aryl methyl sites for hydroxylation is 2. The summed E-state index contributed by atoms with van der Waals surface area (Å²) in [6, 6.07) is 11.7. The van der Waals surface area contributed by atoms with E-state index in [1.807, 2.05) is 44.2 Å². The Kier molecular flexibility index (Phi) is 5.47. The fourth-order valence-electron chi connectivity index (χ4n) is 2.52. The summed E-state index contributed by atoms with van der Waals surface area (Å²) in [6.45, 7) is 7.58. The van der Waals surface area contributed by atoms with Crippen LogP contribution in [0, 0.1) is 13.8 Å². The summed E-state index contributed by atoms with van der Waals surface area (Å²) < 4.78 is 26.4. The molecule has 0 radical (unpaired) electrons. The fourth-order valence-corrected chi connectivity index (χ4v) is 3.58. The van der Waals surface area contributed by atoms with Gasteiger partial charge in [0, 0.05) is 17.1 Å². The van der Waals surface area contributed by atoms with E-state index in [2.05, 4.69) is 10.8 Å². The van der Waals surface area contributed by atoms with Gasteiger partial charge in [0.05, 0.1) is 0 Å². The molecule has 4 nitrogen and oxygen atoms in total. The lowest BCUT2D eigenvalue weighted by molar-refractivity contribution is 0.579. The zero-order chi connectivity index (χ0) is 17.9. The summed E-state index contributed by atoms with van der Waals surface area (Å²) >= 11 is 0. The lowest BCUT2D eigenvalue weighted by Gasteiger charge is -2.11. The molecule has 0 aromatic heterocycles. The SMILES string of the molecule is Cc1cc(-c2ccc(N)cc2)c(C)cc1C=CS(=O)(=O)NC(C)C. The van der Waals surface area contributed by atoms with Crippen molar-refractivity contribution in [2.45, 2.75) is 33.7 Å². The fraction of sp³-hybridized carbons (Fsp3) is 0.263. The van der Waals surface area contributed by atoms with Crippen molar-refractivity contribution in [2.24, 2.45) is 0 Å². The van der Waals surface area contributed by atoms with Crippen LogP contribution in [-0.2, 0) is 10.0 Å². The molecule has 0 unspecified atom stereocenters. The molecular weight excluding hydrogens is 320 g/mol. The van der Waals surface area contributed by atoms with E-state index in [1.165, 1.54) is 5.41 Å². The number of hydrogen-bond acceptors (Lipinski definition) is 3. The van der Waals surface area contributed by atoms with Gasteiger partial charge in [0.2, 0.25) is 10.0 Å². The Morgan fingerprint density at radius 1 is 1.04 bits per heavy atom. The molecule has 5 heteroatoms. The molecule has 24 heavy (non-hydrogen) atoms. The molecule has 2 aromatic rings. The first-order valence-corrected chi connectivity index (χ1v) is 9.40. The molecule has 0 spiro atoms. The zero-order valence-electron chi connectivity index (χ0n) is 14.5. The molecule has 0 heterocycles. The van der Waals surface area contributed by atoms with Crippen molar-refractivity contribution in [1.29, 1.82) is 0 Å². The molecule has 2 rings (SSSR count). The summed E-state index contributed by atoms with van der Waals surface area (Å²) in [5.41, 5.74) is 11.7. The van der Waals surface area contributed by atoms with Crippen LogP contribution < -0.4 is 10.5 Å². The van der Waals surface area contributed by atoms with Crippen molar-refractivity contribution in [1.82, 2.24) is 4.72 Å². The maximum absolute atomic E-state index is 11.9. The van der Waals surface area contributed by atoms with Crippen LogP contribution in [0.25, 0.3) is 17.2 Å². The zero-order valence-corrected chi connectivity index (χ0v) is 15.3. The first kappa shape index (κ1) is 18.2. The Bertz CT molecular complexity index is 852. The Labute approximate surface area is 144 Å². The van der Waals surface area contributed by atoms with Gasteiger partial charge in [-0.25, -0.2) is 13.1 Å². The van der Waals surface area contributed by atoms with Gasteiger partial charge in [0.15, 0.2) is 0 Å². The lowest BCUT2D eigenvalue weighted by Crippen LogP contribution is -2.28. The van der Waals surface area contributed by atoms with Crippen LogP contribution in [0.1, 0.15) is 30.5 Å². The molecular formula is C19H24N2O2S. The normalized spacial score (nSPS) is 12.2. The van der Waals surface area contributed by atoms with Crippen molar-refractivity contribution < 1.29 is 8.42 Å². The molecule has 3 N–H and O–H groups in total. The predicted octanol–water partition coefficient (Wildman–Crippen LogP) is 3.85. The van der Waals surface area contributed by atoms with Crippen molar-refractivity contribution in [3.63, 3.8) is 0 Å². The van der Waals surface area contributed by atoms with E-state index in [1.54, 1.807) is 19.9 Å². The average Bonchev–Trinajstić information content (AvgIpc) is 2.47. The third-order valence-electron chi connectivity index (χ3n) is 3.66. The largest absolute Gasteiger partial charge is 0.399 e. The predicted molar refractivity (Wildman–Crippen MR) is 102 cm³/mol. The quantitative estimate of drug-likeness (QED) is 0.809. The maximum atomic E-state index is 11.9. The molecule has 0 saturated carbocycles. The van der Waals surface area contributed by atoms with Crippen LogP contribution in [0.4, 0.5) is 5.69 Å². The maximum Gasteiger partial charge on any atom is 0.233 e. The number of nitrogen functional groups attached to an aromatic ring is 1. The average molecular weight is 344 g/mol. The van der Waals surface area contributed by atoms with E-state index in [0.29, 0.717) is 0 Å². The van der Waals surface area contributed by atoms with Crippen molar-refractivity contribution in [2.75, 3.05) is 5.73 Å². The second-order valence-corrected chi connectivity index (χ2v) is 7.86. The second-order valence-electron chi connectivity index (χ2n) is 6.27. The number of anilines is 1. The topological polar surface area (TPSA) is 72.2 Å². The van der Waals surface area contributed by atoms with Gasteiger partial charge in [-0.3, -0.25) is 0 Å². The van der Waals surface area contributed by atoms with E-state index >= 15 is 0 Å². The third kappa shape index (κ3) is 4.69. The Morgan fingerprint density at radius 3 is 2.25 bits per heavy atom. The molecule has 0 atom stereocenters. The Balaban J connectivity index is 2.35. The van der Waals surface area contributed by atoms with Gasteiger partial charge >= 0.3 is 0 Å². The molecule has 0 fully saturated rings. The van der Waals surface area contributed by atoms with Crippen LogP contribution in [0.2, 0.25) is 0 Å². The van der Waals surface area contributed by atoms with Crippen LogP contribution in [0.3, 0.4) is 0 Å².